The average Bonchev–Trinajstić information content (AvgIpc) is 3.07. The van der Waals surface area contributed by atoms with E-state index in [1.54, 1.807) is 4.90 Å². The zero-order chi connectivity index (χ0) is 19.2. The van der Waals surface area contributed by atoms with Crippen LogP contribution in [-0.4, -0.2) is 46.8 Å². The van der Waals surface area contributed by atoms with E-state index >= 15 is 0 Å². The Bertz CT molecular complexity index is 705. The molecule has 1 amide bonds. The highest BCUT2D eigenvalue weighted by Crippen LogP contribution is 2.39. The first kappa shape index (κ1) is 20.5. The van der Waals surface area contributed by atoms with Gasteiger partial charge in [-0.3, -0.25) is 4.79 Å². The van der Waals surface area contributed by atoms with Gasteiger partial charge < -0.3 is 10.2 Å². The third kappa shape index (κ3) is 5.87. The molecule has 0 saturated heterocycles. The molecule has 0 spiro atoms. The van der Waals surface area contributed by atoms with E-state index in [9.17, 15) is 18.0 Å². The summed E-state index contributed by atoms with van der Waals surface area (Å²) in [6.07, 6.45) is -4.33. The molecule has 0 bridgehead atoms. The van der Waals surface area contributed by atoms with Gasteiger partial charge in [0, 0.05) is 13.1 Å². The van der Waals surface area contributed by atoms with Crippen LogP contribution in [0.5, 0.6) is 0 Å². The first-order valence-electron chi connectivity index (χ1n) is 7.98. The summed E-state index contributed by atoms with van der Waals surface area (Å²) in [7, 11) is 0. The molecular formula is C16H19F3N4OS2. The number of alkyl halides is 3. The molecule has 1 aromatic heterocycles. The molecule has 1 heterocycles. The van der Waals surface area contributed by atoms with Gasteiger partial charge in [0.25, 0.3) is 0 Å². The van der Waals surface area contributed by atoms with Crippen molar-refractivity contribution in [3.63, 3.8) is 0 Å². The minimum absolute atomic E-state index is 0.0637. The molecule has 1 N–H and O–H groups in total. The third-order valence-corrected chi connectivity index (χ3v) is 5.67. The number of nitrogens with zero attached hydrogens (tertiary/aromatic N) is 3. The Morgan fingerprint density at radius 1 is 1.23 bits per heavy atom. The second kappa shape index (κ2) is 9.22. The number of nitrogens with one attached hydrogen (secondary N) is 1. The van der Waals surface area contributed by atoms with Crippen molar-refractivity contribution in [1.29, 1.82) is 0 Å². The Labute approximate surface area is 158 Å². The quantitative estimate of drug-likeness (QED) is 0.668. The Kier molecular flexibility index (Phi) is 7.27. The minimum Gasteiger partial charge on any atom is -0.351 e. The van der Waals surface area contributed by atoms with Gasteiger partial charge in [0.05, 0.1) is 0 Å². The monoisotopic (exact) mass is 404 g/mol. The number of amides is 1. The number of thioether (sulfide) groups is 1. The number of rotatable bonds is 8. The van der Waals surface area contributed by atoms with Crippen molar-refractivity contribution in [3.05, 3.63) is 35.9 Å². The molecule has 10 heteroatoms. The third-order valence-electron chi connectivity index (χ3n) is 3.47. The molecule has 5 nitrogen and oxygen atoms in total. The lowest BCUT2D eigenvalue weighted by molar-refractivity contribution is -0.130. The molecule has 1 unspecified atom stereocenters. The Morgan fingerprint density at radius 2 is 1.88 bits per heavy atom. The first-order valence-corrected chi connectivity index (χ1v) is 9.68. The van der Waals surface area contributed by atoms with Crippen molar-refractivity contribution in [1.82, 2.24) is 15.1 Å². The van der Waals surface area contributed by atoms with E-state index in [0.29, 0.717) is 17.4 Å². The number of benzene rings is 1. The largest absolute Gasteiger partial charge is 0.405 e. The van der Waals surface area contributed by atoms with Crippen molar-refractivity contribution in [2.45, 2.75) is 29.6 Å². The van der Waals surface area contributed by atoms with Crippen LogP contribution >= 0.6 is 23.1 Å². The maximum Gasteiger partial charge on any atom is 0.405 e. The summed E-state index contributed by atoms with van der Waals surface area (Å²) in [5.41, 5.74) is 0.814. The molecule has 1 atom stereocenters. The standard InChI is InChI=1S/C16H19F3N4OS2/c1-3-23(4-2)13(24)12(11-8-6-5-7-9-11)25-15-22-21-14(26-15)20-10-16(17,18)19/h5-9,12H,3-4,10H2,1-2H3,(H,20,21). The zero-order valence-electron chi connectivity index (χ0n) is 14.3. The Hall–Kier alpha value is -1.81. The van der Waals surface area contributed by atoms with Crippen LogP contribution in [0.15, 0.2) is 34.7 Å². The highest BCUT2D eigenvalue weighted by atomic mass is 32.2. The van der Waals surface area contributed by atoms with Gasteiger partial charge in [0.1, 0.15) is 11.8 Å². The average molecular weight is 404 g/mol. The fourth-order valence-electron chi connectivity index (χ4n) is 2.20. The molecule has 0 saturated carbocycles. The van der Waals surface area contributed by atoms with Gasteiger partial charge in [-0.05, 0) is 19.4 Å². The zero-order valence-corrected chi connectivity index (χ0v) is 15.9. The molecule has 142 valence electrons. The normalized spacial score (nSPS) is 12.7. The van der Waals surface area contributed by atoms with Gasteiger partial charge in [-0.1, -0.05) is 53.4 Å². The molecule has 0 aliphatic rings. The molecule has 0 fully saturated rings. The van der Waals surface area contributed by atoms with E-state index in [4.69, 9.17) is 0 Å². The number of carbonyl (C=O) groups excluding carboxylic acids is 1. The first-order chi connectivity index (χ1) is 12.3. The van der Waals surface area contributed by atoms with Crippen LogP contribution < -0.4 is 5.32 Å². The van der Waals surface area contributed by atoms with Crippen LogP contribution in [0.2, 0.25) is 0 Å². The predicted octanol–water partition coefficient (Wildman–Crippen LogP) is 4.21. The fraction of sp³-hybridized carbons (Fsp3) is 0.438. The van der Waals surface area contributed by atoms with Crippen LogP contribution in [0, 0.1) is 0 Å². The maximum atomic E-state index is 12.9. The van der Waals surface area contributed by atoms with Crippen molar-refractivity contribution in [2.75, 3.05) is 25.0 Å². The number of likely N-dealkylation sites (N-methyl/N-ethyl adjacent to an activating group) is 1. The molecule has 0 radical (unpaired) electrons. The van der Waals surface area contributed by atoms with Gasteiger partial charge in [-0.2, -0.15) is 13.2 Å². The van der Waals surface area contributed by atoms with E-state index in [1.807, 2.05) is 44.2 Å². The fourth-order valence-corrected chi connectivity index (χ4v) is 4.22. The van der Waals surface area contributed by atoms with Crippen molar-refractivity contribution in [2.24, 2.45) is 0 Å². The molecule has 26 heavy (non-hydrogen) atoms. The lowest BCUT2D eigenvalue weighted by atomic mass is 10.1. The molecule has 1 aromatic carbocycles. The molecule has 0 aliphatic heterocycles. The van der Waals surface area contributed by atoms with Gasteiger partial charge >= 0.3 is 6.18 Å². The number of anilines is 1. The molecule has 2 aromatic rings. The summed E-state index contributed by atoms with van der Waals surface area (Å²) in [5, 5.41) is 9.38. The summed E-state index contributed by atoms with van der Waals surface area (Å²) in [4.78, 5) is 14.6. The Balaban J connectivity index is 2.17. The molecule has 0 aliphatic carbocycles. The predicted molar refractivity (Wildman–Crippen MR) is 97.4 cm³/mol. The van der Waals surface area contributed by atoms with Gasteiger partial charge in [-0.15, -0.1) is 10.2 Å². The van der Waals surface area contributed by atoms with Crippen LogP contribution in [-0.2, 0) is 4.79 Å². The van der Waals surface area contributed by atoms with Crippen LogP contribution in [0.4, 0.5) is 18.3 Å². The van der Waals surface area contributed by atoms with Crippen LogP contribution in [0.1, 0.15) is 24.7 Å². The second-order valence-corrected chi connectivity index (χ2v) is 7.59. The van der Waals surface area contributed by atoms with Crippen molar-refractivity contribution in [3.8, 4) is 0 Å². The van der Waals surface area contributed by atoms with E-state index < -0.39 is 18.0 Å². The van der Waals surface area contributed by atoms with Gasteiger partial charge in [-0.25, -0.2) is 0 Å². The van der Waals surface area contributed by atoms with E-state index in [0.717, 1.165) is 16.9 Å². The topological polar surface area (TPSA) is 58.1 Å². The smallest absolute Gasteiger partial charge is 0.351 e. The summed E-state index contributed by atoms with van der Waals surface area (Å²) < 4.78 is 37.3. The van der Waals surface area contributed by atoms with Crippen molar-refractivity contribution >= 4 is 34.1 Å². The SMILES string of the molecule is CCN(CC)C(=O)C(Sc1nnc(NCC(F)(F)F)s1)c1ccccc1. The number of halogens is 3. The summed E-state index contributed by atoms with van der Waals surface area (Å²) in [6.45, 7) is 3.78. The van der Waals surface area contributed by atoms with Crippen LogP contribution in [0.3, 0.4) is 0 Å². The highest BCUT2D eigenvalue weighted by Gasteiger charge is 2.29. The van der Waals surface area contributed by atoms with Gasteiger partial charge in [0.15, 0.2) is 4.34 Å². The molecular weight excluding hydrogens is 385 g/mol. The number of hydrogen-bond acceptors (Lipinski definition) is 6. The number of aromatic nitrogens is 2. The summed E-state index contributed by atoms with van der Waals surface area (Å²) in [5.74, 6) is -0.0637. The van der Waals surface area contributed by atoms with Crippen LogP contribution in [0.25, 0.3) is 0 Å². The summed E-state index contributed by atoms with van der Waals surface area (Å²) in [6, 6.07) is 9.24. The number of carbonyl (C=O) groups is 1. The summed E-state index contributed by atoms with van der Waals surface area (Å²) >= 11 is 2.20. The van der Waals surface area contributed by atoms with Gasteiger partial charge in [0.2, 0.25) is 11.0 Å². The molecule has 2 rings (SSSR count). The lowest BCUT2D eigenvalue weighted by Gasteiger charge is -2.24. The van der Waals surface area contributed by atoms with E-state index in [-0.39, 0.29) is 11.0 Å². The Morgan fingerprint density at radius 3 is 2.46 bits per heavy atom. The maximum absolute atomic E-state index is 12.9. The minimum atomic E-state index is -4.33. The van der Waals surface area contributed by atoms with E-state index in [2.05, 4.69) is 15.5 Å². The highest BCUT2D eigenvalue weighted by molar-refractivity contribution is 8.01. The lowest BCUT2D eigenvalue weighted by Crippen LogP contribution is -2.33. The number of hydrogen-bond donors (Lipinski definition) is 1. The second-order valence-electron chi connectivity index (χ2n) is 5.26. The van der Waals surface area contributed by atoms with E-state index in [1.165, 1.54) is 11.8 Å². The van der Waals surface area contributed by atoms with Crippen molar-refractivity contribution < 1.29 is 18.0 Å².